The van der Waals surface area contributed by atoms with E-state index >= 15 is 0 Å². The predicted octanol–water partition coefficient (Wildman–Crippen LogP) is 2.15. The van der Waals surface area contributed by atoms with Crippen LogP contribution >= 0.6 is 0 Å². The molecule has 1 rings (SSSR count). The molecule has 0 aliphatic carbocycles. The maximum Gasteiger partial charge on any atom is 0.573 e. The van der Waals surface area contributed by atoms with Crippen molar-refractivity contribution in [3.8, 4) is 5.75 Å². The summed E-state index contributed by atoms with van der Waals surface area (Å²) >= 11 is 0. The predicted molar refractivity (Wildman–Crippen MR) is 67.5 cm³/mol. The van der Waals surface area contributed by atoms with E-state index in [1.165, 1.54) is 12.1 Å². The van der Waals surface area contributed by atoms with Crippen LogP contribution in [-0.2, 0) is 6.54 Å². The first kappa shape index (κ1) is 16.1. The van der Waals surface area contributed by atoms with E-state index in [0.29, 0.717) is 19.5 Å². The van der Waals surface area contributed by atoms with Crippen molar-refractivity contribution < 1.29 is 23.1 Å². The third kappa shape index (κ3) is 6.28. The minimum Gasteiger partial charge on any atom is -0.409 e. The maximum atomic E-state index is 12.0. The van der Waals surface area contributed by atoms with Gasteiger partial charge < -0.3 is 20.6 Å². The molecule has 0 radical (unpaired) electrons. The summed E-state index contributed by atoms with van der Waals surface area (Å²) in [6.45, 7) is 1.10. The molecule has 1 aromatic rings. The number of nitrogens with zero attached hydrogens (tertiary/aromatic N) is 2. The average Bonchev–Trinajstić information content (AvgIpc) is 2.36. The number of nitrogens with two attached hydrogens (primary N) is 1. The summed E-state index contributed by atoms with van der Waals surface area (Å²) in [5, 5.41) is 11.3. The van der Waals surface area contributed by atoms with E-state index < -0.39 is 6.36 Å². The summed E-state index contributed by atoms with van der Waals surface area (Å²) < 4.78 is 39.7. The molecule has 0 saturated carbocycles. The molecule has 0 atom stereocenters. The monoisotopic (exact) mass is 291 g/mol. The van der Waals surface area contributed by atoms with Crippen LogP contribution in [0.15, 0.2) is 29.4 Å². The molecule has 0 amide bonds. The van der Waals surface area contributed by atoms with Gasteiger partial charge in [0.25, 0.3) is 0 Å². The van der Waals surface area contributed by atoms with Crippen LogP contribution in [0.2, 0.25) is 0 Å². The first-order valence-electron chi connectivity index (χ1n) is 5.80. The highest BCUT2D eigenvalue weighted by Crippen LogP contribution is 2.22. The van der Waals surface area contributed by atoms with Crippen molar-refractivity contribution in [3.63, 3.8) is 0 Å². The number of alkyl halides is 3. The largest absolute Gasteiger partial charge is 0.573 e. The molecule has 20 heavy (non-hydrogen) atoms. The van der Waals surface area contributed by atoms with Gasteiger partial charge >= 0.3 is 6.36 Å². The van der Waals surface area contributed by atoms with Crippen molar-refractivity contribution in [1.29, 1.82) is 0 Å². The van der Waals surface area contributed by atoms with E-state index in [4.69, 9.17) is 10.9 Å². The Morgan fingerprint density at radius 1 is 1.35 bits per heavy atom. The highest BCUT2D eigenvalue weighted by atomic mass is 19.4. The lowest BCUT2D eigenvalue weighted by atomic mass is 10.2. The van der Waals surface area contributed by atoms with Crippen LogP contribution in [0.4, 0.5) is 13.2 Å². The van der Waals surface area contributed by atoms with Gasteiger partial charge in [0, 0.05) is 19.5 Å². The quantitative estimate of drug-likeness (QED) is 0.365. The number of halogens is 3. The van der Waals surface area contributed by atoms with Crippen molar-refractivity contribution in [3.05, 3.63) is 29.8 Å². The van der Waals surface area contributed by atoms with Crippen LogP contribution in [0.25, 0.3) is 0 Å². The number of hydrogen-bond acceptors (Lipinski definition) is 4. The van der Waals surface area contributed by atoms with Gasteiger partial charge in [-0.05, 0) is 24.7 Å². The van der Waals surface area contributed by atoms with Crippen molar-refractivity contribution >= 4 is 5.84 Å². The molecule has 1 aromatic carbocycles. The standard InChI is InChI=1S/C12H16F3N3O2/c1-18(7-6-11(16)17-19)8-9-2-4-10(5-3-9)20-12(13,14)15/h2-5,19H,6-8H2,1H3,(H2,16,17). The van der Waals surface area contributed by atoms with E-state index in [0.717, 1.165) is 5.56 Å². The third-order valence-corrected chi connectivity index (χ3v) is 2.49. The number of ether oxygens (including phenoxy) is 1. The first-order valence-corrected chi connectivity index (χ1v) is 5.80. The molecular formula is C12H16F3N3O2. The Morgan fingerprint density at radius 2 is 1.95 bits per heavy atom. The second-order valence-corrected chi connectivity index (χ2v) is 4.27. The van der Waals surface area contributed by atoms with Crippen LogP contribution in [0, 0.1) is 0 Å². The second-order valence-electron chi connectivity index (χ2n) is 4.27. The van der Waals surface area contributed by atoms with Crippen molar-refractivity contribution in [2.45, 2.75) is 19.3 Å². The van der Waals surface area contributed by atoms with E-state index in [9.17, 15) is 13.2 Å². The smallest absolute Gasteiger partial charge is 0.409 e. The molecule has 0 aliphatic heterocycles. The maximum absolute atomic E-state index is 12.0. The Kier molecular flexibility index (Phi) is 5.63. The van der Waals surface area contributed by atoms with Gasteiger partial charge in [0.1, 0.15) is 11.6 Å². The summed E-state index contributed by atoms with van der Waals surface area (Å²) in [6.07, 6.45) is -4.28. The molecule has 0 spiro atoms. The molecular weight excluding hydrogens is 275 g/mol. The Morgan fingerprint density at radius 3 is 2.45 bits per heavy atom. The van der Waals surface area contributed by atoms with Crippen LogP contribution in [-0.4, -0.2) is 35.9 Å². The summed E-state index contributed by atoms with van der Waals surface area (Å²) in [6, 6.07) is 5.64. The van der Waals surface area contributed by atoms with Gasteiger partial charge in [-0.2, -0.15) is 0 Å². The van der Waals surface area contributed by atoms with Gasteiger partial charge in [0.05, 0.1) is 0 Å². The van der Waals surface area contributed by atoms with Crippen LogP contribution < -0.4 is 10.5 Å². The van der Waals surface area contributed by atoms with Crippen molar-refractivity contribution in [2.24, 2.45) is 10.9 Å². The van der Waals surface area contributed by atoms with Gasteiger partial charge in [-0.3, -0.25) is 0 Å². The minimum atomic E-state index is -4.68. The molecule has 3 N–H and O–H groups in total. The van der Waals surface area contributed by atoms with Crippen LogP contribution in [0.3, 0.4) is 0 Å². The summed E-state index contributed by atoms with van der Waals surface area (Å²) in [4.78, 5) is 1.90. The Hall–Kier alpha value is -1.96. The molecule has 8 heteroatoms. The van der Waals surface area contributed by atoms with E-state index in [-0.39, 0.29) is 11.6 Å². The fourth-order valence-corrected chi connectivity index (χ4v) is 1.54. The SMILES string of the molecule is CN(CC/C(N)=N/O)Cc1ccc(OC(F)(F)F)cc1. The topological polar surface area (TPSA) is 71.1 Å². The molecule has 0 bridgehead atoms. The van der Waals surface area contributed by atoms with Crippen molar-refractivity contribution in [1.82, 2.24) is 4.90 Å². The lowest BCUT2D eigenvalue weighted by molar-refractivity contribution is -0.274. The normalized spacial score (nSPS) is 12.8. The van der Waals surface area contributed by atoms with Gasteiger partial charge in [0.2, 0.25) is 0 Å². The lowest BCUT2D eigenvalue weighted by Gasteiger charge is -2.16. The van der Waals surface area contributed by atoms with E-state index in [1.54, 1.807) is 12.1 Å². The molecule has 0 aromatic heterocycles. The molecule has 0 aliphatic rings. The Labute approximate surface area is 114 Å². The van der Waals surface area contributed by atoms with E-state index in [1.807, 2.05) is 11.9 Å². The molecule has 5 nitrogen and oxygen atoms in total. The second kappa shape index (κ2) is 6.99. The highest BCUT2D eigenvalue weighted by molar-refractivity contribution is 5.79. The van der Waals surface area contributed by atoms with Gasteiger partial charge in [-0.25, -0.2) is 0 Å². The number of amidine groups is 1. The number of rotatable bonds is 6. The number of benzene rings is 1. The van der Waals surface area contributed by atoms with Crippen molar-refractivity contribution in [2.75, 3.05) is 13.6 Å². The lowest BCUT2D eigenvalue weighted by Crippen LogP contribution is -2.24. The van der Waals surface area contributed by atoms with Crippen LogP contribution in [0.5, 0.6) is 5.75 Å². The summed E-state index contributed by atoms with van der Waals surface area (Å²) in [5.74, 6) is -0.119. The number of oxime groups is 1. The Bertz CT molecular complexity index is 446. The molecule has 0 unspecified atom stereocenters. The zero-order valence-corrected chi connectivity index (χ0v) is 10.9. The fraction of sp³-hybridized carbons (Fsp3) is 0.417. The molecule has 0 heterocycles. The zero-order valence-electron chi connectivity index (χ0n) is 10.9. The van der Waals surface area contributed by atoms with Crippen LogP contribution in [0.1, 0.15) is 12.0 Å². The zero-order chi connectivity index (χ0) is 15.2. The third-order valence-electron chi connectivity index (χ3n) is 2.49. The van der Waals surface area contributed by atoms with Gasteiger partial charge in [-0.1, -0.05) is 17.3 Å². The number of hydrogen-bond donors (Lipinski definition) is 2. The van der Waals surface area contributed by atoms with Gasteiger partial charge in [0.15, 0.2) is 0 Å². The fourth-order valence-electron chi connectivity index (χ4n) is 1.54. The summed E-state index contributed by atoms with van der Waals surface area (Å²) in [5.41, 5.74) is 6.18. The van der Waals surface area contributed by atoms with E-state index in [2.05, 4.69) is 9.89 Å². The molecule has 0 saturated heterocycles. The Balaban J connectivity index is 2.48. The highest BCUT2D eigenvalue weighted by Gasteiger charge is 2.30. The minimum absolute atomic E-state index is 0.130. The average molecular weight is 291 g/mol. The van der Waals surface area contributed by atoms with Gasteiger partial charge in [-0.15, -0.1) is 13.2 Å². The molecule has 112 valence electrons. The first-order chi connectivity index (χ1) is 9.30. The summed E-state index contributed by atoms with van der Waals surface area (Å²) in [7, 11) is 1.82. The molecule has 0 fully saturated rings.